The van der Waals surface area contributed by atoms with E-state index < -0.39 is 10.0 Å². The van der Waals surface area contributed by atoms with Crippen molar-refractivity contribution in [1.82, 2.24) is 9.62 Å². The molecule has 1 aliphatic rings. The van der Waals surface area contributed by atoms with Crippen molar-refractivity contribution in [1.29, 1.82) is 0 Å². The van der Waals surface area contributed by atoms with Crippen molar-refractivity contribution < 1.29 is 17.9 Å². The molecule has 0 radical (unpaired) electrons. The van der Waals surface area contributed by atoms with E-state index in [0.717, 1.165) is 24.2 Å². The molecule has 1 fully saturated rings. The Morgan fingerprint density at radius 1 is 1.11 bits per heavy atom. The van der Waals surface area contributed by atoms with Crippen LogP contribution in [0.4, 0.5) is 0 Å². The van der Waals surface area contributed by atoms with Crippen molar-refractivity contribution in [3.63, 3.8) is 0 Å². The second-order valence-corrected chi connectivity index (χ2v) is 8.97. The number of nitrogens with one attached hydrogen (secondary N) is 1. The Balaban J connectivity index is 1.65. The average molecular weight is 403 g/mol. The minimum Gasteiger partial charge on any atom is -0.496 e. The summed E-state index contributed by atoms with van der Waals surface area (Å²) in [5.74, 6) is 0.470. The number of ether oxygens (including phenoxy) is 1. The average Bonchev–Trinajstić information content (AvgIpc) is 3.24. The first-order valence-electron chi connectivity index (χ1n) is 9.41. The maximum Gasteiger partial charge on any atom is 0.251 e. The van der Waals surface area contributed by atoms with Gasteiger partial charge in [-0.25, -0.2) is 12.7 Å². The van der Waals surface area contributed by atoms with Crippen LogP contribution in [0, 0.1) is 0 Å². The molecule has 1 heterocycles. The lowest BCUT2D eigenvalue weighted by Crippen LogP contribution is -2.29. The van der Waals surface area contributed by atoms with Crippen LogP contribution in [0.25, 0.3) is 0 Å². The molecule has 2 aromatic rings. The largest absolute Gasteiger partial charge is 0.496 e. The molecule has 1 amide bonds. The van der Waals surface area contributed by atoms with E-state index >= 15 is 0 Å². The van der Waals surface area contributed by atoms with Gasteiger partial charge in [0, 0.05) is 24.2 Å². The minimum absolute atomic E-state index is 0.0352. The van der Waals surface area contributed by atoms with E-state index in [1.165, 1.54) is 0 Å². The number of methoxy groups -OCH3 is 1. The maximum atomic E-state index is 12.6. The van der Waals surface area contributed by atoms with Crippen LogP contribution in [0.2, 0.25) is 0 Å². The zero-order valence-corrected chi connectivity index (χ0v) is 17.0. The lowest BCUT2D eigenvalue weighted by molar-refractivity contribution is 0.0939. The summed E-state index contributed by atoms with van der Waals surface area (Å²) in [6.07, 6.45) is 1.84. The Bertz CT molecular complexity index is 920. The fraction of sp³-hybridized carbons (Fsp3) is 0.381. The Kier molecular flexibility index (Phi) is 6.36. The number of amides is 1. The Morgan fingerprint density at radius 2 is 1.75 bits per heavy atom. The molecule has 1 N–H and O–H groups in total. The number of rotatable bonds is 7. The summed E-state index contributed by atoms with van der Waals surface area (Å²) in [5, 5.41) is 2.95. The summed E-state index contributed by atoms with van der Waals surface area (Å²) in [6, 6.07) is 14.1. The van der Waals surface area contributed by atoms with Gasteiger partial charge in [-0.05, 0) is 43.5 Å². The van der Waals surface area contributed by atoms with E-state index in [1.54, 1.807) is 35.7 Å². The van der Waals surface area contributed by atoms with Crippen LogP contribution in [0.15, 0.2) is 48.5 Å². The molecule has 0 aromatic heterocycles. The molecule has 6 nitrogen and oxygen atoms in total. The van der Waals surface area contributed by atoms with Crippen molar-refractivity contribution in [3.05, 3.63) is 65.2 Å². The van der Waals surface area contributed by atoms with Crippen LogP contribution in [-0.4, -0.2) is 38.8 Å². The monoisotopic (exact) mass is 402 g/mol. The van der Waals surface area contributed by atoms with Crippen molar-refractivity contribution in [2.45, 2.75) is 31.6 Å². The number of sulfonamides is 1. The van der Waals surface area contributed by atoms with Gasteiger partial charge >= 0.3 is 0 Å². The predicted octanol–water partition coefficient (Wildman–Crippen LogP) is 3.11. The highest BCUT2D eigenvalue weighted by molar-refractivity contribution is 7.88. The SMILES string of the molecule is COc1ccccc1[C@@H](C)NC(=O)c1ccc(CS(=O)(=O)N2CCCC2)cc1. The third-order valence-electron chi connectivity index (χ3n) is 4.98. The van der Waals surface area contributed by atoms with Crippen LogP contribution in [0.3, 0.4) is 0 Å². The van der Waals surface area contributed by atoms with Gasteiger partial charge in [0.05, 0.1) is 18.9 Å². The van der Waals surface area contributed by atoms with E-state index in [0.29, 0.717) is 24.2 Å². The molecule has 0 unspecified atom stereocenters. The number of para-hydroxylation sites is 1. The molecule has 2 aromatic carbocycles. The highest BCUT2D eigenvalue weighted by atomic mass is 32.2. The maximum absolute atomic E-state index is 12.6. The van der Waals surface area contributed by atoms with E-state index in [4.69, 9.17) is 4.74 Å². The van der Waals surface area contributed by atoms with Gasteiger partial charge in [0.15, 0.2) is 0 Å². The standard InChI is InChI=1S/C21H26N2O4S/c1-16(19-7-3-4-8-20(19)27-2)22-21(24)18-11-9-17(10-12-18)15-28(25,26)23-13-5-6-14-23/h3-4,7-12,16H,5-6,13-15H2,1-2H3,(H,22,24)/t16-/m1/s1. The fourth-order valence-electron chi connectivity index (χ4n) is 3.40. The summed E-state index contributed by atoms with van der Waals surface area (Å²) < 4.78 is 31.7. The molecule has 28 heavy (non-hydrogen) atoms. The molecule has 1 aliphatic heterocycles. The summed E-state index contributed by atoms with van der Waals surface area (Å²) in [7, 11) is -1.69. The first-order valence-corrected chi connectivity index (χ1v) is 11.0. The Hall–Kier alpha value is -2.38. The van der Waals surface area contributed by atoms with Gasteiger partial charge in [-0.2, -0.15) is 0 Å². The predicted molar refractivity (Wildman–Crippen MR) is 109 cm³/mol. The van der Waals surface area contributed by atoms with Crippen LogP contribution in [-0.2, 0) is 15.8 Å². The van der Waals surface area contributed by atoms with Crippen molar-refractivity contribution in [2.75, 3.05) is 20.2 Å². The van der Waals surface area contributed by atoms with Crippen molar-refractivity contribution in [2.24, 2.45) is 0 Å². The van der Waals surface area contributed by atoms with Gasteiger partial charge in [-0.3, -0.25) is 4.79 Å². The topological polar surface area (TPSA) is 75.7 Å². The lowest BCUT2D eigenvalue weighted by atomic mass is 10.1. The first-order chi connectivity index (χ1) is 13.4. The number of carbonyl (C=O) groups is 1. The summed E-state index contributed by atoms with van der Waals surface area (Å²) in [5.41, 5.74) is 2.07. The number of hydrogen-bond donors (Lipinski definition) is 1. The second-order valence-electron chi connectivity index (χ2n) is 7.00. The highest BCUT2D eigenvalue weighted by Crippen LogP contribution is 2.24. The minimum atomic E-state index is -3.29. The van der Waals surface area contributed by atoms with Crippen molar-refractivity contribution in [3.8, 4) is 5.75 Å². The number of nitrogens with zero attached hydrogens (tertiary/aromatic N) is 1. The van der Waals surface area contributed by atoms with E-state index in [-0.39, 0.29) is 17.7 Å². The Morgan fingerprint density at radius 3 is 2.39 bits per heavy atom. The van der Waals surface area contributed by atoms with Gasteiger partial charge < -0.3 is 10.1 Å². The van der Waals surface area contributed by atoms with E-state index in [2.05, 4.69) is 5.32 Å². The van der Waals surface area contributed by atoms with Gasteiger partial charge in [0.2, 0.25) is 10.0 Å². The molecule has 0 saturated carbocycles. The van der Waals surface area contributed by atoms with Crippen LogP contribution in [0.1, 0.15) is 47.3 Å². The summed E-state index contributed by atoms with van der Waals surface area (Å²) >= 11 is 0. The number of carbonyl (C=O) groups excluding carboxylic acids is 1. The van der Waals surface area contributed by atoms with Crippen LogP contribution < -0.4 is 10.1 Å². The van der Waals surface area contributed by atoms with Gasteiger partial charge in [-0.1, -0.05) is 30.3 Å². The summed E-state index contributed by atoms with van der Waals surface area (Å²) in [6.45, 7) is 3.10. The molecule has 0 bridgehead atoms. The molecule has 1 atom stereocenters. The molecule has 150 valence electrons. The zero-order valence-electron chi connectivity index (χ0n) is 16.2. The molecule has 7 heteroatoms. The number of hydrogen-bond acceptors (Lipinski definition) is 4. The molecular formula is C21H26N2O4S. The van der Waals surface area contributed by atoms with Gasteiger partial charge in [-0.15, -0.1) is 0 Å². The van der Waals surface area contributed by atoms with Crippen LogP contribution in [0.5, 0.6) is 5.75 Å². The normalized spacial score (nSPS) is 15.9. The van der Waals surface area contributed by atoms with E-state index in [1.807, 2.05) is 31.2 Å². The molecular weight excluding hydrogens is 376 g/mol. The zero-order chi connectivity index (χ0) is 20.1. The molecule has 0 aliphatic carbocycles. The lowest BCUT2D eigenvalue weighted by Gasteiger charge is -2.17. The van der Waals surface area contributed by atoms with Gasteiger partial charge in [0.1, 0.15) is 5.75 Å². The smallest absolute Gasteiger partial charge is 0.251 e. The van der Waals surface area contributed by atoms with E-state index in [9.17, 15) is 13.2 Å². The van der Waals surface area contributed by atoms with Crippen LogP contribution >= 0.6 is 0 Å². The summed E-state index contributed by atoms with van der Waals surface area (Å²) in [4.78, 5) is 12.6. The quantitative estimate of drug-likeness (QED) is 0.772. The molecule has 1 saturated heterocycles. The highest BCUT2D eigenvalue weighted by Gasteiger charge is 2.25. The Labute approximate surface area is 166 Å². The fourth-order valence-corrected chi connectivity index (χ4v) is 5.01. The third-order valence-corrected chi connectivity index (χ3v) is 6.83. The van der Waals surface area contributed by atoms with Crippen molar-refractivity contribution >= 4 is 15.9 Å². The molecule has 3 rings (SSSR count). The first kappa shape index (κ1) is 20.4. The second kappa shape index (κ2) is 8.75. The number of benzene rings is 2. The third kappa shape index (κ3) is 4.72. The van der Waals surface area contributed by atoms with Gasteiger partial charge in [0.25, 0.3) is 5.91 Å². The molecule has 0 spiro atoms.